The number of carbonyl (C=O) groups excluding carboxylic acids is 2. The maximum absolute atomic E-state index is 12.7. The summed E-state index contributed by atoms with van der Waals surface area (Å²) < 4.78 is 5.35. The lowest BCUT2D eigenvalue weighted by atomic mass is 10.1. The van der Waals surface area contributed by atoms with Crippen molar-refractivity contribution in [2.75, 3.05) is 26.8 Å². The highest BCUT2D eigenvalue weighted by atomic mass is 32.2. The third-order valence-electron chi connectivity index (χ3n) is 3.72. The highest BCUT2D eigenvalue weighted by Gasteiger charge is 2.23. The molecular weight excluding hydrogens is 300 g/mol. The van der Waals surface area contributed by atoms with Crippen LogP contribution in [0.4, 0.5) is 0 Å². The Morgan fingerprint density at radius 3 is 2.82 bits per heavy atom. The van der Waals surface area contributed by atoms with Gasteiger partial charge in [0.05, 0.1) is 17.4 Å². The minimum atomic E-state index is -0.385. The quantitative estimate of drug-likeness (QED) is 0.810. The topological polar surface area (TPSA) is 72.6 Å². The molecule has 2 amide bonds. The third kappa shape index (κ3) is 4.24. The monoisotopic (exact) mass is 322 g/mol. The van der Waals surface area contributed by atoms with Crippen LogP contribution in [0.2, 0.25) is 0 Å². The lowest BCUT2D eigenvalue weighted by Gasteiger charge is -2.22. The molecule has 0 radical (unpaired) electrons. The van der Waals surface area contributed by atoms with Crippen molar-refractivity contribution >= 4 is 23.6 Å². The van der Waals surface area contributed by atoms with Gasteiger partial charge in [0.15, 0.2) is 0 Å². The van der Waals surface area contributed by atoms with Gasteiger partial charge in [0, 0.05) is 31.0 Å². The van der Waals surface area contributed by atoms with Crippen molar-refractivity contribution in [3.63, 3.8) is 0 Å². The van der Waals surface area contributed by atoms with Gasteiger partial charge in [-0.15, -0.1) is 11.8 Å². The van der Waals surface area contributed by atoms with Gasteiger partial charge in [0.2, 0.25) is 5.91 Å². The summed E-state index contributed by atoms with van der Waals surface area (Å²) in [6, 6.07) is 7.33. The van der Waals surface area contributed by atoms with Gasteiger partial charge in [0.25, 0.3) is 5.91 Å². The van der Waals surface area contributed by atoms with E-state index in [9.17, 15) is 9.59 Å². The van der Waals surface area contributed by atoms with Crippen LogP contribution >= 0.6 is 11.8 Å². The molecule has 2 rings (SSSR count). The first-order valence-electron chi connectivity index (χ1n) is 7.37. The van der Waals surface area contributed by atoms with E-state index in [4.69, 9.17) is 10.5 Å². The maximum atomic E-state index is 12.7. The number of rotatable bonds is 6. The number of ether oxygens (including phenoxy) is 1. The van der Waals surface area contributed by atoms with Gasteiger partial charge in [-0.25, -0.2) is 0 Å². The zero-order valence-corrected chi connectivity index (χ0v) is 13.8. The molecule has 2 atom stereocenters. The van der Waals surface area contributed by atoms with Gasteiger partial charge >= 0.3 is 0 Å². The number of amides is 2. The molecule has 1 saturated heterocycles. The van der Waals surface area contributed by atoms with Crippen LogP contribution in [0.5, 0.6) is 0 Å². The minimum Gasteiger partial charge on any atom is -0.381 e. The van der Waals surface area contributed by atoms with Crippen molar-refractivity contribution in [2.24, 2.45) is 11.7 Å². The van der Waals surface area contributed by atoms with E-state index in [0.717, 1.165) is 17.9 Å². The second kappa shape index (κ2) is 7.65. The zero-order chi connectivity index (χ0) is 16.1. The van der Waals surface area contributed by atoms with E-state index >= 15 is 0 Å². The van der Waals surface area contributed by atoms with Crippen LogP contribution in [0.1, 0.15) is 23.7 Å². The molecule has 1 fully saturated rings. The van der Waals surface area contributed by atoms with E-state index < -0.39 is 0 Å². The third-order valence-corrected chi connectivity index (χ3v) is 4.92. The average Bonchev–Trinajstić information content (AvgIpc) is 2.99. The van der Waals surface area contributed by atoms with Gasteiger partial charge in [-0.1, -0.05) is 12.1 Å². The van der Waals surface area contributed by atoms with Crippen molar-refractivity contribution in [1.82, 2.24) is 4.90 Å². The van der Waals surface area contributed by atoms with Crippen LogP contribution in [0.15, 0.2) is 29.2 Å². The van der Waals surface area contributed by atoms with E-state index in [1.807, 2.05) is 18.2 Å². The van der Waals surface area contributed by atoms with Gasteiger partial charge in [-0.2, -0.15) is 0 Å². The maximum Gasteiger partial charge on any atom is 0.254 e. The molecule has 2 N–H and O–H groups in total. The molecule has 0 unspecified atom stereocenters. The van der Waals surface area contributed by atoms with Crippen LogP contribution < -0.4 is 5.73 Å². The lowest BCUT2D eigenvalue weighted by Crippen LogP contribution is -2.32. The summed E-state index contributed by atoms with van der Waals surface area (Å²) in [5.41, 5.74) is 5.92. The first-order valence-corrected chi connectivity index (χ1v) is 8.25. The van der Waals surface area contributed by atoms with E-state index in [-0.39, 0.29) is 17.1 Å². The molecule has 5 nitrogen and oxygen atoms in total. The molecule has 0 bridgehead atoms. The van der Waals surface area contributed by atoms with Gasteiger partial charge in [-0.05, 0) is 25.5 Å². The molecule has 1 aromatic carbocycles. The predicted octanol–water partition coefficient (Wildman–Crippen LogP) is 1.76. The molecule has 0 saturated carbocycles. The van der Waals surface area contributed by atoms with Gasteiger partial charge in [-0.3, -0.25) is 9.59 Å². The Kier molecular flexibility index (Phi) is 5.85. The van der Waals surface area contributed by atoms with Gasteiger partial charge < -0.3 is 15.4 Å². The number of hydrogen-bond acceptors (Lipinski definition) is 4. The van der Waals surface area contributed by atoms with E-state index in [2.05, 4.69) is 0 Å². The molecule has 1 aliphatic heterocycles. The Hall–Kier alpha value is -1.53. The first-order chi connectivity index (χ1) is 10.5. The molecule has 6 heteroatoms. The smallest absolute Gasteiger partial charge is 0.254 e. The summed E-state index contributed by atoms with van der Waals surface area (Å²) in [5, 5.41) is -0.373. The number of hydrogen-bond donors (Lipinski definition) is 1. The number of primary amides is 1. The highest BCUT2D eigenvalue weighted by molar-refractivity contribution is 8.00. The standard InChI is InChI=1S/C16H22N2O3S/c1-11(15(17)19)22-14-6-4-3-5-13(14)16(20)18(2)9-12-7-8-21-10-12/h3-6,11-12H,7-10H2,1-2H3,(H2,17,19)/t11-,12+/m1/s1. The number of thioether (sulfide) groups is 1. The second-order valence-electron chi connectivity index (χ2n) is 5.57. The summed E-state index contributed by atoms with van der Waals surface area (Å²) in [7, 11) is 1.81. The SMILES string of the molecule is C[C@@H](Sc1ccccc1C(=O)N(C)C[C@@H]1CCOC1)C(N)=O. The van der Waals surface area contributed by atoms with Crippen molar-refractivity contribution in [3.8, 4) is 0 Å². The molecule has 0 aliphatic carbocycles. The predicted molar refractivity (Wildman–Crippen MR) is 86.8 cm³/mol. The van der Waals surface area contributed by atoms with Crippen LogP contribution in [0.25, 0.3) is 0 Å². The molecule has 0 spiro atoms. The molecule has 0 aromatic heterocycles. The summed E-state index contributed by atoms with van der Waals surface area (Å²) in [6.07, 6.45) is 0.993. The van der Waals surface area contributed by atoms with Crippen molar-refractivity contribution < 1.29 is 14.3 Å². The van der Waals surface area contributed by atoms with Crippen molar-refractivity contribution in [3.05, 3.63) is 29.8 Å². The van der Waals surface area contributed by atoms with Crippen LogP contribution in [0, 0.1) is 5.92 Å². The van der Waals surface area contributed by atoms with Crippen LogP contribution in [0.3, 0.4) is 0 Å². The first kappa shape index (κ1) is 16.8. The van der Waals surface area contributed by atoms with E-state index in [1.54, 1.807) is 24.9 Å². The summed E-state index contributed by atoms with van der Waals surface area (Å²) >= 11 is 1.32. The number of nitrogens with two attached hydrogens (primary N) is 1. The van der Waals surface area contributed by atoms with E-state index in [1.165, 1.54) is 11.8 Å². The summed E-state index contributed by atoms with van der Waals surface area (Å²) in [5.74, 6) is -0.0197. The zero-order valence-electron chi connectivity index (χ0n) is 13.0. The van der Waals surface area contributed by atoms with Crippen molar-refractivity contribution in [2.45, 2.75) is 23.5 Å². The summed E-state index contributed by atoms with van der Waals surface area (Å²) in [6.45, 7) is 3.92. The van der Waals surface area contributed by atoms with E-state index in [0.29, 0.717) is 24.6 Å². The minimum absolute atomic E-state index is 0.0355. The fourth-order valence-corrected chi connectivity index (χ4v) is 3.33. The Bertz CT molecular complexity index is 544. The van der Waals surface area contributed by atoms with Crippen molar-refractivity contribution in [1.29, 1.82) is 0 Å². The fraction of sp³-hybridized carbons (Fsp3) is 0.500. The Balaban J connectivity index is 2.09. The Labute approximate surface area is 135 Å². The molecule has 1 heterocycles. The molecule has 22 heavy (non-hydrogen) atoms. The van der Waals surface area contributed by atoms with Crippen LogP contribution in [-0.4, -0.2) is 48.8 Å². The Morgan fingerprint density at radius 2 is 2.18 bits per heavy atom. The van der Waals surface area contributed by atoms with Crippen LogP contribution in [-0.2, 0) is 9.53 Å². The summed E-state index contributed by atoms with van der Waals surface area (Å²) in [4.78, 5) is 26.4. The molecule has 1 aromatic rings. The fourth-order valence-electron chi connectivity index (χ4n) is 2.40. The van der Waals surface area contributed by atoms with Gasteiger partial charge in [0.1, 0.15) is 0 Å². The molecular formula is C16H22N2O3S. The molecule has 120 valence electrons. The Morgan fingerprint density at radius 1 is 1.45 bits per heavy atom. The lowest BCUT2D eigenvalue weighted by molar-refractivity contribution is -0.117. The number of benzene rings is 1. The highest BCUT2D eigenvalue weighted by Crippen LogP contribution is 2.27. The normalized spacial score (nSPS) is 18.9. The second-order valence-corrected chi connectivity index (χ2v) is 6.96. The number of carbonyl (C=O) groups is 2. The largest absolute Gasteiger partial charge is 0.381 e. The number of nitrogens with zero attached hydrogens (tertiary/aromatic N) is 1. The molecule has 1 aliphatic rings. The average molecular weight is 322 g/mol.